The summed E-state index contributed by atoms with van der Waals surface area (Å²) in [5.74, 6) is -0.417. The van der Waals surface area contributed by atoms with E-state index in [-0.39, 0.29) is 24.1 Å². The van der Waals surface area contributed by atoms with Crippen molar-refractivity contribution in [3.63, 3.8) is 0 Å². The zero-order valence-electron chi connectivity index (χ0n) is 10.8. The second kappa shape index (κ2) is 6.12. The van der Waals surface area contributed by atoms with Gasteiger partial charge in [0.1, 0.15) is 12.2 Å². The fourth-order valence-corrected chi connectivity index (χ4v) is 2.00. The van der Waals surface area contributed by atoms with Gasteiger partial charge in [-0.05, 0) is 25.8 Å². The van der Waals surface area contributed by atoms with E-state index in [9.17, 15) is 14.7 Å². The molecule has 5 nitrogen and oxygen atoms in total. The van der Waals surface area contributed by atoms with Crippen LogP contribution in [0.25, 0.3) is 0 Å². The number of hydrogen-bond acceptors (Lipinski definition) is 5. The summed E-state index contributed by atoms with van der Waals surface area (Å²) < 4.78 is 10.3. The van der Waals surface area contributed by atoms with E-state index in [0.717, 1.165) is 0 Å². The third-order valence-electron chi connectivity index (χ3n) is 3.12. The first-order valence-corrected chi connectivity index (χ1v) is 6.49. The van der Waals surface area contributed by atoms with Crippen molar-refractivity contribution in [3.8, 4) is 0 Å². The molecule has 2 rings (SSSR count). The number of rotatable bonds is 0. The monoisotopic (exact) mass is 266 g/mol. The highest BCUT2D eigenvalue weighted by molar-refractivity contribution is 5.86. The molecule has 2 aliphatic rings. The highest BCUT2D eigenvalue weighted by atomic mass is 16.6. The normalized spacial score (nSPS) is 39.7. The molecule has 1 fully saturated rings. The molecule has 0 radical (unpaired) electrons. The molecule has 0 amide bonds. The van der Waals surface area contributed by atoms with E-state index in [1.807, 2.05) is 0 Å². The minimum Gasteiger partial charge on any atom is -0.460 e. The van der Waals surface area contributed by atoms with Crippen molar-refractivity contribution in [1.29, 1.82) is 0 Å². The molecule has 0 saturated carbocycles. The largest absolute Gasteiger partial charge is 0.460 e. The van der Waals surface area contributed by atoms with E-state index >= 15 is 0 Å². The van der Waals surface area contributed by atoms with Crippen molar-refractivity contribution < 1.29 is 24.2 Å². The second-order valence-corrected chi connectivity index (χ2v) is 4.86. The Hall–Kier alpha value is -1.46. The lowest BCUT2D eigenvalue weighted by atomic mass is 10.1. The number of cyclic esters (lactones) is 1. The summed E-state index contributed by atoms with van der Waals surface area (Å²) in [6.07, 6.45) is 5.73. The molecule has 1 N–H and O–H groups in total. The Bertz CT molecular complexity index is 412. The Balaban J connectivity index is 2.01. The van der Waals surface area contributed by atoms with Gasteiger partial charge in [-0.2, -0.15) is 0 Å². The van der Waals surface area contributed by atoms with E-state index in [0.29, 0.717) is 19.3 Å². The van der Waals surface area contributed by atoms with Gasteiger partial charge in [-0.15, -0.1) is 0 Å². The molecule has 2 heterocycles. The quantitative estimate of drug-likeness (QED) is 0.401. The number of carbonyl (C=O) groups excluding carboxylic acids is 2. The summed E-state index contributed by atoms with van der Waals surface area (Å²) in [5.41, 5.74) is 0. The first-order chi connectivity index (χ1) is 9.06. The molecule has 0 spiro atoms. The van der Waals surface area contributed by atoms with Gasteiger partial charge in [0.15, 0.2) is 5.78 Å². The molecule has 0 aliphatic carbocycles. The smallest absolute Gasteiger partial charge is 0.330 e. The topological polar surface area (TPSA) is 76.1 Å². The van der Waals surface area contributed by atoms with Crippen LogP contribution in [0.15, 0.2) is 24.3 Å². The van der Waals surface area contributed by atoms with Gasteiger partial charge in [0, 0.05) is 12.5 Å². The lowest BCUT2D eigenvalue weighted by Gasteiger charge is -2.11. The highest BCUT2D eigenvalue weighted by Gasteiger charge is 2.42. The van der Waals surface area contributed by atoms with Crippen LogP contribution < -0.4 is 0 Å². The predicted octanol–water partition coefficient (Wildman–Crippen LogP) is 0.912. The van der Waals surface area contributed by atoms with E-state index in [1.54, 1.807) is 13.0 Å². The van der Waals surface area contributed by atoms with Crippen LogP contribution in [0.4, 0.5) is 0 Å². The molecule has 0 aromatic rings. The van der Waals surface area contributed by atoms with E-state index in [2.05, 4.69) is 0 Å². The number of ether oxygens (including phenoxy) is 2. The molecule has 4 atom stereocenters. The minimum atomic E-state index is -0.884. The molecule has 0 aromatic carbocycles. The summed E-state index contributed by atoms with van der Waals surface area (Å²) in [4.78, 5) is 23.1. The number of epoxide rings is 1. The van der Waals surface area contributed by atoms with Gasteiger partial charge in [0.2, 0.25) is 0 Å². The maximum Gasteiger partial charge on any atom is 0.330 e. The second-order valence-electron chi connectivity index (χ2n) is 4.86. The average molecular weight is 266 g/mol. The number of aliphatic hydroxyl groups excluding tert-OH is 1. The van der Waals surface area contributed by atoms with Gasteiger partial charge in [0.05, 0.1) is 12.2 Å². The van der Waals surface area contributed by atoms with E-state index in [1.165, 1.54) is 18.2 Å². The molecular formula is C14H18O5. The van der Waals surface area contributed by atoms with Crippen LogP contribution in [0.5, 0.6) is 0 Å². The van der Waals surface area contributed by atoms with E-state index < -0.39 is 12.1 Å². The molecule has 5 heteroatoms. The first kappa shape index (κ1) is 14.0. The Kier molecular flexibility index (Phi) is 4.50. The predicted molar refractivity (Wildman–Crippen MR) is 67.4 cm³/mol. The molecule has 19 heavy (non-hydrogen) atoms. The Morgan fingerprint density at radius 3 is 2.84 bits per heavy atom. The molecule has 0 bridgehead atoms. The Labute approximate surface area is 111 Å². The zero-order chi connectivity index (χ0) is 13.8. The number of Topliss-reactive ketones (excluding diaryl/α,β-unsaturated/α-hetero) is 1. The maximum absolute atomic E-state index is 11.7. The minimum absolute atomic E-state index is 0.0651. The maximum atomic E-state index is 11.7. The SMILES string of the molecule is C[C@H]1CCCC(=O)[C@@H]2O[C@@H]2/C=C\[C@@H](O)/C=C/C(=O)O1. The third-order valence-corrected chi connectivity index (χ3v) is 3.12. The highest BCUT2D eigenvalue weighted by Crippen LogP contribution is 2.26. The number of esters is 1. The molecule has 1 saturated heterocycles. The third kappa shape index (κ3) is 4.29. The van der Waals surface area contributed by atoms with Crippen LogP contribution in [0.3, 0.4) is 0 Å². The van der Waals surface area contributed by atoms with Crippen molar-refractivity contribution in [1.82, 2.24) is 0 Å². The number of hydrogen-bond donors (Lipinski definition) is 1. The van der Waals surface area contributed by atoms with E-state index in [4.69, 9.17) is 9.47 Å². The van der Waals surface area contributed by atoms with Crippen LogP contribution in [-0.4, -0.2) is 41.3 Å². The standard InChI is InChI=1S/C14H18O5/c1-9-3-2-4-11(16)14-12(19-14)7-5-10(15)6-8-13(17)18-9/h5-10,12,14-15H,2-4H2,1H3/b7-5-,8-6+/t9-,10+,12+,14-/m0/s1. The van der Waals surface area contributed by atoms with Crippen molar-refractivity contribution >= 4 is 11.8 Å². The summed E-state index contributed by atoms with van der Waals surface area (Å²) in [5, 5.41) is 9.58. The molecule has 0 unspecified atom stereocenters. The van der Waals surface area contributed by atoms with Crippen molar-refractivity contribution in [2.75, 3.05) is 0 Å². The van der Waals surface area contributed by atoms with Crippen molar-refractivity contribution in [3.05, 3.63) is 24.3 Å². The lowest BCUT2D eigenvalue weighted by molar-refractivity contribution is -0.142. The van der Waals surface area contributed by atoms with Crippen LogP contribution in [0.1, 0.15) is 26.2 Å². The van der Waals surface area contributed by atoms with Gasteiger partial charge in [0.25, 0.3) is 0 Å². The van der Waals surface area contributed by atoms with Crippen molar-refractivity contribution in [2.24, 2.45) is 0 Å². The number of aliphatic hydroxyl groups is 1. The number of carbonyl (C=O) groups is 2. The van der Waals surface area contributed by atoms with Gasteiger partial charge < -0.3 is 14.6 Å². The first-order valence-electron chi connectivity index (χ1n) is 6.49. The molecular weight excluding hydrogens is 248 g/mol. The van der Waals surface area contributed by atoms with Gasteiger partial charge in [-0.25, -0.2) is 4.79 Å². The molecule has 104 valence electrons. The van der Waals surface area contributed by atoms with Crippen LogP contribution in [0, 0.1) is 0 Å². The average Bonchev–Trinajstić information content (AvgIpc) is 3.12. The Morgan fingerprint density at radius 2 is 2.05 bits per heavy atom. The van der Waals surface area contributed by atoms with Crippen molar-refractivity contribution in [2.45, 2.75) is 50.6 Å². The van der Waals surface area contributed by atoms with Gasteiger partial charge in [-0.3, -0.25) is 4.79 Å². The van der Waals surface area contributed by atoms with Crippen LogP contribution in [-0.2, 0) is 19.1 Å². The van der Waals surface area contributed by atoms with Crippen LogP contribution >= 0.6 is 0 Å². The van der Waals surface area contributed by atoms with Crippen LogP contribution in [0.2, 0.25) is 0 Å². The molecule has 0 aromatic heterocycles. The molecule has 2 aliphatic heterocycles. The summed E-state index contributed by atoms with van der Waals surface area (Å²) in [6, 6.07) is 0. The fraction of sp³-hybridized carbons (Fsp3) is 0.571. The lowest BCUT2D eigenvalue weighted by Crippen LogP contribution is -2.15. The zero-order valence-corrected chi connectivity index (χ0v) is 10.8. The summed E-state index contributed by atoms with van der Waals surface area (Å²) >= 11 is 0. The number of fused-ring (bicyclic) bond motifs is 1. The summed E-state index contributed by atoms with van der Waals surface area (Å²) in [7, 11) is 0. The fourth-order valence-electron chi connectivity index (χ4n) is 2.00. The summed E-state index contributed by atoms with van der Waals surface area (Å²) in [6.45, 7) is 1.79. The number of ketones is 1. The van der Waals surface area contributed by atoms with Gasteiger partial charge in [-0.1, -0.05) is 12.2 Å². The Morgan fingerprint density at radius 1 is 1.26 bits per heavy atom. The van der Waals surface area contributed by atoms with Gasteiger partial charge >= 0.3 is 5.97 Å².